The lowest BCUT2D eigenvalue weighted by Crippen LogP contribution is -2.34. The van der Waals surface area contributed by atoms with Gasteiger partial charge in [-0.25, -0.2) is 4.98 Å². The number of ether oxygens (including phenoxy) is 1. The van der Waals surface area contributed by atoms with Crippen molar-refractivity contribution in [3.05, 3.63) is 36.2 Å². The van der Waals surface area contributed by atoms with Crippen LogP contribution in [0, 0.1) is 0 Å². The highest BCUT2D eigenvalue weighted by molar-refractivity contribution is 5.91. The molecule has 102 valence electrons. The Hall–Kier alpha value is -2.15. The van der Waals surface area contributed by atoms with Crippen LogP contribution >= 0.6 is 0 Å². The van der Waals surface area contributed by atoms with Gasteiger partial charge >= 0.3 is 0 Å². The van der Waals surface area contributed by atoms with Crippen molar-refractivity contribution in [3.63, 3.8) is 0 Å². The first kappa shape index (κ1) is 13.3. The molecule has 1 N–H and O–H groups in total. The lowest BCUT2D eigenvalue weighted by Gasteiger charge is -2.18. The Morgan fingerprint density at radius 2 is 2.26 bits per heavy atom. The first-order chi connectivity index (χ1) is 9.13. The molecule has 0 saturated carbocycles. The fourth-order valence-corrected chi connectivity index (χ4v) is 1.90. The molecule has 0 aromatic carbocycles. The number of nitrogens with one attached hydrogen (secondary N) is 1. The summed E-state index contributed by atoms with van der Waals surface area (Å²) in [6, 6.07) is 1.59. The molecule has 0 aliphatic rings. The van der Waals surface area contributed by atoms with Gasteiger partial charge in [0.05, 0.1) is 18.3 Å². The highest BCUT2D eigenvalue weighted by Crippen LogP contribution is 2.12. The maximum atomic E-state index is 12.1. The van der Waals surface area contributed by atoms with Crippen molar-refractivity contribution < 1.29 is 9.53 Å². The van der Waals surface area contributed by atoms with E-state index < -0.39 is 0 Å². The number of rotatable bonds is 5. The normalized spacial score (nSPS) is 12.4. The van der Waals surface area contributed by atoms with Crippen molar-refractivity contribution >= 4 is 5.91 Å². The average molecular weight is 263 g/mol. The minimum absolute atomic E-state index is 0.240. The first-order valence-electron chi connectivity index (χ1n) is 5.88. The Kier molecular flexibility index (Phi) is 3.96. The Bertz CT molecular complexity index is 560. The minimum Gasteiger partial charge on any atom is -0.382 e. The van der Waals surface area contributed by atoms with Crippen molar-refractivity contribution in [2.45, 2.75) is 6.04 Å². The van der Waals surface area contributed by atoms with E-state index in [1.807, 2.05) is 13.1 Å². The Morgan fingerprint density at radius 3 is 2.79 bits per heavy atom. The maximum Gasteiger partial charge on any atom is 0.287 e. The van der Waals surface area contributed by atoms with Crippen molar-refractivity contribution in [1.29, 1.82) is 0 Å². The van der Waals surface area contributed by atoms with E-state index in [1.165, 1.54) is 0 Å². The topological polar surface area (TPSA) is 74.0 Å². The number of carbonyl (C=O) groups is 1. The number of amides is 1. The van der Waals surface area contributed by atoms with E-state index in [4.69, 9.17) is 4.74 Å². The zero-order chi connectivity index (χ0) is 13.8. The summed E-state index contributed by atoms with van der Waals surface area (Å²) in [5.74, 6) is 0.124. The van der Waals surface area contributed by atoms with Gasteiger partial charge in [0.2, 0.25) is 0 Å². The van der Waals surface area contributed by atoms with Gasteiger partial charge in [-0.15, -0.1) is 0 Å². The average Bonchev–Trinajstić information content (AvgIpc) is 2.97. The third-order valence-corrected chi connectivity index (χ3v) is 2.88. The molecule has 2 rings (SSSR count). The molecule has 7 nitrogen and oxygen atoms in total. The van der Waals surface area contributed by atoms with Gasteiger partial charge in [0.15, 0.2) is 5.82 Å². The summed E-state index contributed by atoms with van der Waals surface area (Å²) < 4.78 is 8.53. The summed E-state index contributed by atoms with van der Waals surface area (Å²) in [6.45, 7) is 0.371. The molecular formula is C12H17N5O2. The van der Waals surface area contributed by atoms with Crippen LogP contribution in [0.15, 0.2) is 24.7 Å². The molecule has 0 bridgehead atoms. The molecule has 0 spiro atoms. The minimum atomic E-state index is -0.262. The predicted molar refractivity (Wildman–Crippen MR) is 68.5 cm³/mol. The van der Waals surface area contributed by atoms with Gasteiger partial charge in [-0.1, -0.05) is 0 Å². The predicted octanol–water partition coefficient (Wildman–Crippen LogP) is 0.271. The number of nitrogens with zero attached hydrogens (tertiary/aromatic N) is 4. The SMILES string of the molecule is COCC(NC(=O)c1nccn1C)c1ccnn1C. The first-order valence-corrected chi connectivity index (χ1v) is 5.88. The zero-order valence-electron chi connectivity index (χ0n) is 11.2. The Balaban J connectivity index is 2.16. The highest BCUT2D eigenvalue weighted by atomic mass is 16.5. The van der Waals surface area contributed by atoms with Gasteiger partial charge in [0.1, 0.15) is 0 Å². The van der Waals surface area contributed by atoms with Crippen LogP contribution < -0.4 is 5.32 Å². The van der Waals surface area contributed by atoms with E-state index >= 15 is 0 Å². The summed E-state index contributed by atoms with van der Waals surface area (Å²) in [4.78, 5) is 16.2. The fourth-order valence-electron chi connectivity index (χ4n) is 1.90. The van der Waals surface area contributed by atoms with E-state index in [0.717, 1.165) is 5.69 Å². The molecule has 1 unspecified atom stereocenters. The van der Waals surface area contributed by atoms with Crippen LogP contribution in [0.1, 0.15) is 22.4 Å². The largest absolute Gasteiger partial charge is 0.382 e. The van der Waals surface area contributed by atoms with E-state index in [-0.39, 0.29) is 11.9 Å². The molecule has 0 radical (unpaired) electrons. The number of carbonyl (C=O) groups excluding carboxylic acids is 1. The van der Waals surface area contributed by atoms with E-state index in [2.05, 4.69) is 15.4 Å². The molecular weight excluding hydrogens is 246 g/mol. The summed E-state index contributed by atoms with van der Waals surface area (Å²) in [7, 11) is 5.19. The van der Waals surface area contributed by atoms with Gasteiger partial charge in [-0.2, -0.15) is 5.10 Å². The second-order valence-electron chi connectivity index (χ2n) is 4.22. The highest BCUT2D eigenvalue weighted by Gasteiger charge is 2.20. The fraction of sp³-hybridized carbons (Fsp3) is 0.417. The molecule has 0 aliphatic carbocycles. The van der Waals surface area contributed by atoms with Gasteiger partial charge in [-0.3, -0.25) is 9.48 Å². The third-order valence-electron chi connectivity index (χ3n) is 2.88. The number of hydrogen-bond acceptors (Lipinski definition) is 4. The zero-order valence-corrected chi connectivity index (χ0v) is 11.2. The Morgan fingerprint density at radius 1 is 1.47 bits per heavy atom. The van der Waals surface area contributed by atoms with E-state index in [0.29, 0.717) is 12.4 Å². The number of methoxy groups -OCH3 is 1. The number of aryl methyl sites for hydroxylation is 2. The number of hydrogen-bond donors (Lipinski definition) is 1. The van der Waals surface area contributed by atoms with E-state index in [9.17, 15) is 4.79 Å². The molecule has 7 heteroatoms. The molecule has 19 heavy (non-hydrogen) atoms. The smallest absolute Gasteiger partial charge is 0.287 e. The van der Waals surface area contributed by atoms with Crippen LogP contribution in [0.25, 0.3) is 0 Å². The maximum absolute atomic E-state index is 12.1. The lowest BCUT2D eigenvalue weighted by atomic mass is 10.2. The second-order valence-corrected chi connectivity index (χ2v) is 4.22. The molecule has 2 heterocycles. The molecule has 1 amide bonds. The van der Waals surface area contributed by atoms with E-state index in [1.54, 1.807) is 42.0 Å². The third kappa shape index (κ3) is 2.82. The lowest BCUT2D eigenvalue weighted by molar-refractivity contribution is 0.0879. The van der Waals surface area contributed by atoms with Crippen LogP contribution in [0.4, 0.5) is 0 Å². The molecule has 0 fully saturated rings. The van der Waals surface area contributed by atoms with Crippen molar-refractivity contribution in [2.24, 2.45) is 14.1 Å². The molecule has 2 aromatic heterocycles. The van der Waals surface area contributed by atoms with Gasteiger partial charge < -0.3 is 14.6 Å². The number of imidazole rings is 1. The van der Waals surface area contributed by atoms with Gasteiger partial charge in [-0.05, 0) is 6.07 Å². The molecule has 0 aliphatic heterocycles. The monoisotopic (exact) mass is 263 g/mol. The number of aromatic nitrogens is 4. The molecule has 2 aromatic rings. The standard InChI is InChI=1S/C12H17N5O2/c1-16-7-6-13-11(16)12(18)15-9(8-19-3)10-4-5-14-17(10)2/h4-7,9H,8H2,1-3H3,(H,15,18). The second kappa shape index (κ2) is 5.66. The van der Waals surface area contributed by atoms with Gasteiger partial charge in [0.25, 0.3) is 5.91 Å². The summed E-state index contributed by atoms with van der Waals surface area (Å²) in [5, 5.41) is 6.99. The van der Waals surface area contributed by atoms with Crippen LogP contribution in [0.5, 0.6) is 0 Å². The molecule has 0 saturated heterocycles. The van der Waals surface area contributed by atoms with Crippen molar-refractivity contribution in [1.82, 2.24) is 24.6 Å². The molecule has 1 atom stereocenters. The van der Waals surface area contributed by atoms with Crippen LogP contribution in [-0.4, -0.2) is 39.0 Å². The van der Waals surface area contributed by atoms with Crippen molar-refractivity contribution in [2.75, 3.05) is 13.7 Å². The van der Waals surface area contributed by atoms with Crippen LogP contribution in [0.3, 0.4) is 0 Å². The summed E-state index contributed by atoms with van der Waals surface area (Å²) >= 11 is 0. The summed E-state index contributed by atoms with van der Waals surface area (Å²) in [6.07, 6.45) is 5.00. The van der Waals surface area contributed by atoms with Crippen LogP contribution in [0.2, 0.25) is 0 Å². The Labute approximate surface area is 111 Å². The van der Waals surface area contributed by atoms with Gasteiger partial charge in [0, 0.05) is 39.8 Å². The quantitative estimate of drug-likeness (QED) is 0.840. The van der Waals surface area contributed by atoms with Crippen LogP contribution in [-0.2, 0) is 18.8 Å². The van der Waals surface area contributed by atoms with Crippen molar-refractivity contribution in [3.8, 4) is 0 Å². The summed E-state index contributed by atoms with van der Waals surface area (Å²) in [5.41, 5.74) is 0.879.